The lowest BCUT2D eigenvalue weighted by Gasteiger charge is -2.09. The highest BCUT2D eigenvalue weighted by molar-refractivity contribution is 4.94. The molecular weight excluding hydrogens is 156 g/mol. The Balaban J connectivity index is 3.54. The molecule has 3 nitrogen and oxygen atoms in total. The van der Waals surface area contributed by atoms with Gasteiger partial charge in [0, 0.05) is 13.5 Å². The molecule has 0 aliphatic carbocycles. The van der Waals surface area contributed by atoms with Crippen LogP contribution in [0, 0.1) is 0 Å². The minimum Gasteiger partial charge on any atom is -0.472 e. The molecule has 0 amide bonds. The molecule has 12 heavy (non-hydrogen) atoms. The first-order valence-electron chi connectivity index (χ1n) is 3.81. The molecule has 0 heterocycles. The summed E-state index contributed by atoms with van der Waals surface area (Å²) < 4.78 is 9.67. The summed E-state index contributed by atoms with van der Waals surface area (Å²) in [6.07, 6.45) is 3.36. The third-order valence-corrected chi connectivity index (χ3v) is 1.23. The van der Waals surface area contributed by atoms with Gasteiger partial charge in [-0.15, -0.1) is 0 Å². The summed E-state index contributed by atoms with van der Waals surface area (Å²) in [6.45, 7) is 5.65. The molecule has 0 rings (SSSR count). The van der Waals surface area contributed by atoms with Gasteiger partial charge in [-0.1, -0.05) is 18.7 Å². The van der Waals surface area contributed by atoms with Crippen molar-refractivity contribution in [3.8, 4) is 0 Å². The van der Waals surface area contributed by atoms with E-state index in [2.05, 4.69) is 11.3 Å². The minimum atomic E-state index is -0.514. The maximum Gasteiger partial charge on any atom is 0.188 e. The van der Waals surface area contributed by atoms with Crippen molar-refractivity contribution >= 4 is 0 Å². The molecular formula is C9H16O3. The average Bonchev–Trinajstić information content (AvgIpc) is 2.01. The Morgan fingerprint density at radius 1 is 1.67 bits per heavy atom. The van der Waals surface area contributed by atoms with Crippen molar-refractivity contribution in [2.75, 3.05) is 13.9 Å². The zero-order chi connectivity index (χ0) is 9.40. The second-order valence-electron chi connectivity index (χ2n) is 2.39. The molecule has 70 valence electrons. The van der Waals surface area contributed by atoms with Gasteiger partial charge in [-0.2, -0.15) is 0 Å². The topological polar surface area (TPSA) is 38.7 Å². The molecule has 3 heteroatoms. The lowest BCUT2D eigenvalue weighted by molar-refractivity contribution is -0.00129. The second-order valence-corrected chi connectivity index (χ2v) is 2.39. The summed E-state index contributed by atoms with van der Waals surface area (Å²) in [5, 5.41) is 9.25. The van der Waals surface area contributed by atoms with Crippen molar-refractivity contribution in [1.29, 1.82) is 0 Å². The van der Waals surface area contributed by atoms with Crippen LogP contribution in [0.15, 0.2) is 24.5 Å². The molecule has 0 radical (unpaired) electrons. The molecule has 0 aromatic rings. The summed E-state index contributed by atoms with van der Waals surface area (Å²) in [4.78, 5) is 0. The zero-order valence-corrected chi connectivity index (χ0v) is 7.62. The molecule has 0 spiro atoms. The van der Waals surface area contributed by atoms with Crippen molar-refractivity contribution in [2.45, 2.75) is 19.4 Å². The largest absolute Gasteiger partial charge is 0.472 e. The van der Waals surface area contributed by atoms with Crippen molar-refractivity contribution in [3.63, 3.8) is 0 Å². The molecule has 0 aromatic carbocycles. The van der Waals surface area contributed by atoms with E-state index in [1.807, 2.05) is 6.92 Å². The van der Waals surface area contributed by atoms with Crippen molar-refractivity contribution in [1.82, 2.24) is 0 Å². The maximum absolute atomic E-state index is 9.25. The van der Waals surface area contributed by atoms with Gasteiger partial charge in [-0.3, -0.25) is 0 Å². The van der Waals surface area contributed by atoms with E-state index in [0.29, 0.717) is 12.2 Å². The number of aliphatic hydroxyl groups excluding tert-OH is 1. The van der Waals surface area contributed by atoms with E-state index in [4.69, 9.17) is 4.74 Å². The Hall–Kier alpha value is -0.800. The number of methoxy groups -OCH3 is 1. The van der Waals surface area contributed by atoms with Gasteiger partial charge in [0.05, 0.1) is 11.9 Å². The molecule has 0 aliphatic heterocycles. The van der Waals surface area contributed by atoms with Crippen LogP contribution in [0.3, 0.4) is 0 Å². The first-order chi connectivity index (χ1) is 5.70. The summed E-state index contributed by atoms with van der Waals surface area (Å²) in [5.74, 6) is 0.530. The van der Waals surface area contributed by atoms with Crippen molar-refractivity contribution < 1.29 is 14.6 Å². The maximum atomic E-state index is 9.25. The molecule has 0 saturated carbocycles. The van der Waals surface area contributed by atoms with Gasteiger partial charge in [-0.25, -0.2) is 0 Å². The first-order valence-corrected chi connectivity index (χ1v) is 3.81. The first kappa shape index (κ1) is 11.2. The van der Waals surface area contributed by atoms with Crippen molar-refractivity contribution in [3.05, 3.63) is 24.5 Å². The summed E-state index contributed by atoms with van der Waals surface area (Å²) in [5.41, 5.74) is 0. The Labute approximate surface area is 73.3 Å². The molecule has 1 unspecified atom stereocenters. The molecule has 1 N–H and O–H groups in total. The Kier molecular flexibility index (Phi) is 6.42. The SMILES string of the molecule is C=C(CC(O)/C=C/C)OCOC. The van der Waals surface area contributed by atoms with E-state index in [1.54, 1.807) is 12.2 Å². The fraction of sp³-hybridized carbons (Fsp3) is 0.556. The molecule has 1 atom stereocenters. The van der Waals surface area contributed by atoms with Crippen LogP contribution >= 0.6 is 0 Å². The lowest BCUT2D eigenvalue weighted by atomic mass is 10.2. The summed E-state index contributed by atoms with van der Waals surface area (Å²) in [7, 11) is 1.54. The van der Waals surface area contributed by atoms with Crippen LogP contribution in [-0.2, 0) is 9.47 Å². The fourth-order valence-electron chi connectivity index (χ4n) is 0.725. The van der Waals surface area contributed by atoms with Gasteiger partial charge in [-0.05, 0) is 6.92 Å². The third kappa shape index (κ3) is 5.95. The quantitative estimate of drug-likeness (QED) is 0.374. The predicted molar refractivity (Wildman–Crippen MR) is 47.5 cm³/mol. The number of rotatable bonds is 6. The fourth-order valence-corrected chi connectivity index (χ4v) is 0.725. The molecule has 0 bridgehead atoms. The summed E-state index contributed by atoms with van der Waals surface area (Å²) >= 11 is 0. The van der Waals surface area contributed by atoms with E-state index < -0.39 is 6.10 Å². The molecule has 0 fully saturated rings. The predicted octanol–water partition coefficient (Wildman–Crippen LogP) is 1.45. The van der Waals surface area contributed by atoms with Crippen LogP contribution in [0.5, 0.6) is 0 Å². The monoisotopic (exact) mass is 172 g/mol. The van der Waals surface area contributed by atoms with Crippen LogP contribution < -0.4 is 0 Å². The zero-order valence-electron chi connectivity index (χ0n) is 7.62. The van der Waals surface area contributed by atoms with E-state index in [9.17, 15) is 5.11 Å². The van der Waals surface area contributed by atoms with Crippen LogP contribution in [0.25, 0.3) is 0 Å². The lowest BCUT2D eigenvalue weighted by Crippen LogP contribution is -2.06. The molecule has 0 aromatic heterocycles. The van der Waals surface area contributed by atoms with Crippen LogP contribution in [0.2, 0.25) is 0 Å². The highest BCUT2D eigenvalue weighted by Crippen LogP contribution is 2.05. The van der Waals surface area contributed by atoms with Crippen LogP contribution in [-0.4, -0.2) is 25.1 Å². The Morgan fingerprint density at radius 3 is 2.83 bits per heavy atom. The normalized spacial score (nSPS) is 13.2. The van der Waals surface area contributed by atoms with Gasteiger partial charge in [0.15, 0.2) is 6.79 Å². The number of hydrogen-bond acceptors (Lipinski definition) is 3. The Bertz CT molecular complexity index is 152. The standard InChI is InChI=1S/C9H16O3/c1-4-5-9(10)6-8(2)12-7-11-3/h4-5,9-10H,2,6-7H2,1,3H3/b5-4+. The van der Waals surface area contributed by atoms with E-state index in [0.717, 1.165) is 0 Å². The highest BCUT2D eigenvalue weighted by Gasteiger charge is 2.02. The molecule has 0 aliphatic rings. The van der Waals surface area contributed by atoms with Gasteiger partial charge in [0.2, 0.25) is 0 Å². The average molecular weight is 172 g/mol. The minimum absolute atomic E-state index is 0.182. The van der Waals surface area contributed by atoms with Crippen LogP contribution in [0.4, 0.5) is 0 Å². The smallest absolute Gasteiger partial charge is 0.188 e. The van der Waals surface area contributed by atoms with Gasteiger partial charge >= 0.3 is 0 Å². The number of ether oxygens (including phenoxy) is 2. The van der Waals surface area contributed by atoms with E-state index in [-0.39, 0.29) is 6.79 Å². The van der Waals surface area contributed by atoms with Crippen LogP contribution in [0.1, 0.15) is 13.3 Å². The van der Waals surface area contributed by atoms with Gasteiger partial charge in [0.25, 0.3) is 0 Å². The number of hydrogen-bond donors (Lipinski definition) is 1. The van der Waals surface area contributed by atoms with Gasteiger partial charge in [0.1, 0.15) is 0 Å². The Morgan fingerprint density at radius 2 is 2.33 bits per heavy atom. The number of aliphatic hydroxyl groups is 1. The van der Waals surface area contributed by atoms with Crippen molar-refractivity contribution in [2.24, 2.45) is 0 Å². The number of allylic oxidation sites excluding steroid dienone is 1. The summed E-state index contributed by atoms with van der Waals surface area (Å²) in [6, 6.07) is 0. The van der Waals surface area contributed by atoms with E-state index >= 15 is 0 Å². The van der Waals surface area contributed by atoms with Gasteiger partial charge < -0.3 is 14.6 Å². The third-order valence-electron chi connectivity index (χ3n) is 1.23. The highest BCUT2D eigenvalue weighted by atomic mass is 16.7. The second kappa shape index (κ2) is 6.88. The van der Waals surface area contributed by atoms with E-state index in [1.165, 1.54) is 7.11 Å². The molecule has 0 saturated heterocycles.